The average Bonchev–Trinajstić information content (AvgIpc) is 2.36. The number of nitrogens with zero attached hydrogens (tertiary/aromatic N) is 2. The SMILES string of the molecule is CC[C@@H](C)NC(=O)/C(C#N)=C/c1ccncc1. The van der Waals surface area contributed by atoms with Crippen molar-refractivity contribution < 1.29 is 4.79 Å². The molecule has 1 N–H and O–H groups in total. The normalized spacial score (nSPS) is 12.6. The van der Waals surface area contributed by atoms with Crippen LogP contribution in [-0.2, 0) is 4.79 Å². The van der Waals surface area contributed by atoms with Crippen LogP contribution in [0, 0.1) is 11.3 Å². The zero-order valence-corrected chi connectivity index (χ0v) is 9.97. The lowest BCUT2D eigenvalue weighted by Crippen LogP contribution is -2.32. The largest absolute Gasteiger partial charge is 0.349 e. The fourth-order valence-electron chi connectivity index (χ4n) is 1.18. The molecule has 0 spiro atoms. The maximum Gasteiger partial charge on any atom is 0.262 e. The summed E-state index contributed by atoms with van der Waals surface area (Å²) in [6.45, 7) is 3.88. The van der Waals surface area contributed by atoms with E-state index in [0.29, 0.717) is 0 Å². The van der Waals surface area contributed by atoms with Crippen LogP contribution in [0.1, 0.15) is 25.8 Å². The van der Waals surface area contributed by atoms with Gasteiger partial charge in [-0.15, -0.1) is 0 Å². The van der Waals surface area contributed by atoms with Crippen LogP contribution in [0.5, 0.6) is 0 Å². The Hall–Kier alpha value is -2.15. The molecule has 0 bridgehead atoms. The van der Waals surface area contributed by atoms with Gasteiger partial charge >= 0.3 is 0 Å². The zero-order chi connectivity index (χ0) is 12.7. The Morgan fingerprint density at radius 3 is 2.76 bits per heavy atom. The molecule has 0 saturated carbocycles. The van der Waals surface area contributed by atoms with Gasteiger partial charge in [-0.3, -0.25) is 9.78 Å². The van der Waals surface area contributed by atoms with Crippen molar-refractivity contribution >= 4 is 12.0 Å². The van der Waals surface area contributed by atoms with Gasteiger partial charge in [0.2, 0.25) is 0 Å². The van der Waals surface area contributed by atoms with E-state index in [0.717, 1.165) is 12.0 Å². The van der Waals surface area contributed by atoms with Crippen molar-refractivity contribution in [1.82, 2.24) is 10.3 Å². The molecule has 1 aromatic rings. The number of aromatic nitrogens is 1. The van der Waals surface area contributed by atoms with E-state index in [1.165, 1.54) is 0 Å². The molecule has 1 rings (SSSR count). The maximum absolute atomic E-state index is 11.7. The predicted octanol–water partition coefficient (Wildman–Crippen LogP) is 1.90. The maximum atomic E-state index is 11.7. The Labute approximate surface area is 101 Å². The van der Waals surface area contributed by atoms with Gasteiger partial charge < -0.3 is 5.32 Å². The monoisotopic (exact) mass is 229 g/mol. The molecule has 0 radical (unpaired) electrons. The van der Waals surface area contributed by atoms with Gasteiger partial charge in [0.05, 0.1) is 0 Å². The zero-order valence-electron chi connectivity index (χ0n) is 9.97. The van der Waals surface area contributed by atoms with Crippen LogP contribution in [0.4, 0.5) is 0 Å². The average molecular weight is 229 g/mol. The fraction of sp³-hybridized carbons (Fsp3) is 0.308. The molecule has 17 heavy (non-hydrogen) atoms. The first-order chi connectivity index (χ1) is 8.17. The second-order valence-electron chi connectivity index (χ2n) is 3.73. The van der Waals surface area contributed by atoms with Crippen LogP contribution in [-0.4, -0.2) is 16.9 Å². The Kier molecular flexibility index (Phi) is 4.89. The number of amides is 1. The van der Waals surface area contributed by atoms with Crippen molar-refractivity contribution in [1.29, 1.82) is 5.26 Å². The lowest BCUT2D eigenvalue weighted by atomic mass is 10.1. The molecule has 1 heterocycles. The number of carbonyl (C=O) groups is 1. The highest BCUT2D eigenvalue weighted by Gasteiger charge is 2.10. The third-order valence-electron chi connectivity index (χ3n) is 2.37. The van der Waals surface area contributed by atoms with Crippen LogP contribution in [0.2, 0.25) is 0 Å². The van der Waals surface area contributed by atoms with E-state index in [1.54, 1.807) is 30.6 Å². The lowest BCUT2D eigenvalue weighted by Gasteiger charge is -2.10. The van der Waals surface area contributed by atoms with E-state index >= 15 is 0 Å². The van der Waals surface area contributed by atoms with Crippen LogP contribution >= 0.6 is 0 Å². The molecule has 0 fully saturated rings. The van der Waals surface area contributed by atoms with E-state index in [4.69, 9.17) is 5.26 Å². The van der Waals surface area contributed by atoms with Gasteiger partial charge in [-0.05, 0) is 37.1 Å². The molecule has 0 saturated heterocycles. The van der Waals surface area contributed by atoms with Gasteiger partial charge in [-0.1, -0.05) is 6.92 Å². The third kappa shape index (κ3) is 4.07. The van der Waals surface area contributed by atoms with Gasteiger partial charge in [-0.2, -0.15) is 5.26 Å². The van der Waals surface area contributed by atoms with Gasteiger partial charge in [0, 0.05) is 18.4 Å². The number of nitrogens with one attached hydrogen (secondary N) is 1. The summed E-state index contributed by atoms with van der Waals surface area (Å²) >= 11 is 0. The molecule has 4 nitrogen and oxygen atoms in total. The summed E-state index contributed by atoms with van der Waals surface area (Å²) in [6.07, 6.45) is 5.62. The van der Waals surface area contributed by atoms with E-state index in [2.05, 4.69) is 10.3 Å². The van der Waals surface area contributed by atoms with E-state index in [-0.39, 0.29) is 17.5 Å². The summed E-state index contributed by atoms with van der Waals surface area (Å²) in [6, 6.07) is 5.46. The first-order valence-corrected chi connectivity index (χ1v) is 5.50. The second kappa shape index (κ2) is 6.44. The van der Waals surface area contributed by atoms with Crippen molar-refractivity contribution in [2.45, 2.75) is 26.3 Å². The molecule has 88 valence electrons. The lowest BCUT2D eigenvalue weighted by molar-refractivity contribution is -0.117. The summed E-state index contributed by atoms with van der Waals surface area (Å²) in [5, 5.41) is 11.7. The van der Waals surface area contributed by atoms with E-state index in [9.17, 15) is 4.79 Å². The van der Waals surface area contributed by atoms with Crippen molar-refractivity contribution in [2.75, 3.05) is 0 Å². The van der Waals surface area contributed by atoms with Crippen molar-refractivity contribution in [3.63, 3.8) is 0 Å². The first kappa shape index (κ1) is 12.9. The minimum absolute atomic E-state index is 0.0664. The molecule has 1 aromatic heterocycles. The number of pyridine rings is 1. The highest BCUT2D eigenvalue weighted by molar-refractivity contribution is 6.01. The van der Waals surface area contributed by atoms with Crippen LogP contribution in [0.3, 0.4) is 0 Å². The Bertz CT molecular complexity index is 445. The highest BCUT2D eigenvalue weighted by Crippen LogP contribution is 2.05. The van der Waals surface area contributed by atoms with Crippen molar-refractivity contribution in [3.05, 3.63) is 35.7 Å². The molecule has 1 amide bonds. The summed E-state index contributed by atoms with van der Waals surface area (Å²) in [7, 11) is 0. The van der Waals surface area contributed by atoms with Crippen molar-refractivity contribution in [3.8, 4) is 6.07 Å². The van der Waals surface area contributed by atoms with Crippen LogP contribution in [0.15, 0.2) is 30.1 Å². The Morgan fingerprint density at radius 1 is 1.59 bits per heavy atom. The quantitative estimate of drug-likeness (QED) is 0.633. The molecule has 0 aliphatic heterocycles. The highest BCUT2D eigenvalue weighted by atomic mass is 16.1. The third-order valence-corrected chi connectivity index (χ3v) is 2.37. The van der Waals surface area contributed by atoms with E-state index < -0.39 is 0 Å². The summed E-state index contributed by atoms with van der Waals surface area (Å²) in [5.74, 6) is -0.335. The predicted molar refractivity (Wildman–Crippen MR) is 65.7 cm³/mol. The minimum atomic E-state index is -0.335. The topological polar surface area (TPSA) is 65.8 Å². The van der Waals surface area contributed by atoms with Gasteiger partial charge in [-0.25, -0.2) is 0 Å². The molecule has 0 aliphatic rings. The van der Waals surface area contributed by atoms with E-state index in [1.807, 2.05) is 19.9 Å². The van der Waals surface area contributed by atoms with Crippen LogP contribution < -0.4 is 5.32 Å². The van der Waals surface area contributed by atoms with Crippen LogP contribution in [0.25, 0.3) is 6.08 Å². The number of hydrogen-bond donors (Lipinski definition) is 1. The summed E-state index contributed by atoms with van der Waals surface area (Å²) in [5.41, 5.74) is 0.896. The summed E-state index contributed by atoms with van der Waals surface area (Å²) < 4.78 is 0. The smallest absolute Gasteiger partial charge is 0.262 e. The molecular weight excluding hydrogens is 214 g/mol. The molecule has 1 atom stereocenters. The molecular formula is C13H15N3O. The number of rotatable bonds is 4. The summed E-state index contributed by atoms with van der Waals surface area (Å²) in [4.78, 5) is 15.6. The number of carbonyl (C=O) groups excluding carboxylic acids is 1. The molecule has 0 unspecified atom stereocenters. The minimum Gasteiger partial charge on any atom is -0.349 e. The Balaban J connectivity index is 2.82. The molecule has 0 aromatic carbocycles. The Morgan fingerprint density at radius 2 is 2.24 bits per heavy atom. The van der Waals surface area contributed by atoms with Gasteiger partial charge in [0.25, 0.3) is 5.91 Å². The van der Waals surface area contributed by atoms with Crippen molar-refractivity contribution in [2.24, 2.45) is 0 Å². The number of hydrogen-bond acceptors (Lipinski definition) is 3. The van der Waals surface area contributed by atoms with Gasteiger partial charge in [0.1, 0.15) is 11.6 Å². The van der Waals surface area contributed by atoms with Gasteiger partial charge in [0.15, 0.2) is 0 Å². The fourth-order valence-corrected chi connectivity index (χ4v) is 1.18. The number of nitriles is 1. The second-order valence-corrected chi connectivity index (χ2v) is 3.73. The first-order valence-electron chi connectivity index (χ1n) is 5.50. The molecule has 0 aliphatic carbocycles. The molecule has 4 heteroatoms. The standard InChI is InChI=1S/C13H15N3O/c1-3-10(2)16-13(17)12(9-14)8-11-4-6-15-7-5-11/h4-8,10H,3H2,1-2H3,(H,16,17)/b12-8+/t10-/m1/s1.